The summed E-state index contributed by atoms with van der Waals surface area (Å²) >= 11 is 0. The Balaban J connectivity index is 1.41. The summed E-state index contributed by atoms with van der Waals surface area (Å²) in [4.78, 5) is 30.4. The monoisotopic (exact) mass is 406 g/mol. The molecule has 0 saturated carbocycles. The van der Waals surface area contributed by atoms with E-state index in [9.17, 15) is 4.79 Å². The molecule has 1 fully saturated rings. The first-order chi connectivity index (χ1) is 14.6. The van der Waals surface area contributed by atoms with Crippen molar-refractivity contribution in [2.75, 3.05) is 43.1 Å². The van der Waals surface area contributed by atoms with Gasteiger partial charge in [-0.15, -0.1) is 0 Å². The lowest BCUT2D eigenvalue weighted by Gasteiger charge is -2.37. The van der Waals surface area contributed by atoms with Crippen LogP contribution in [0.15, 0.2) is 35.5 Å². The first-order valence-electron chi connectivity index (χ1n) is 9.74. The highest BCUT2D eigenvalue weighted by molar-refractivity contribution is 5.86. The number of rotatable bonds is 3. The molecule has 1 saturated heterocycles. The maximum Gasteiger partial charge on any atom is 0.265 e. The lowest BCUT2D eigenvalue weighted by molar-refractivity contribution is 0.402. The van der Waals surface area contributed by atoms with Crippen LogP contribution in [0.1, 0.15) is 0 Å². The van der Waals surface area contributed by atoms with Crippen LogP contribution in [0.2, 0.25) is 0 Å². The number of aryl methyl sites for hydroxylation is 1. The third-order valence-electron chi connectivity index (χ3n) is 5.65. The van der Waals surface area contributed by atoms with Crippen LogP contribution in [0.25, 0.3) is 21.9 Å². The summed E-state index contributed by atoms with van der Waals surface area (Å²) in [7, 11) is 5.18. The minimum absolute atomic E-state index is 0.0767. The van der Waals surface area contributed by atoms with E-state index in [1.807, 2.05) is 6.07 Å². The van der Waals surface area contributed by atoms with E-state index in [1.54, 1.807) is 36.7 Å². The molecule has 1 aromatic carbocycles. The Bertz CT molecular complexity index is 1300. The third-order valence-corrected chi connectivity index (χ3v) is 5.65. The van der Waals surface area contributed by atoms with Crippen LogP contribution >= 0.6 is 0 Å². The molecule has 10 nitrogen and oxygen atoms in total. The predicted molar refractivity (Wildman–Crippen MR) is 114 cm³/mol. The van der Waals surface area contributed by atoms with E-state index in [4.69, 9.17) is 9.72 Å². The Labute approximate surface area is 172 Å². The van der Waals surface area contributed by atoms with Gasteiger partial charge in [0.1, 0.15) is 11.7 Å². The van der Waals surface area contributed by atoms with Crippen molar-refractivity contribution in [1.82, 2.24) is 29.3 Å². The zero-order chi connectivity index (χ0) is 20.8. The second kappa shape index (κ2) is 6.97. The van der Waals surface area contributed by atoms with Crippen LogP contribution in [-0.4, -0.2) is 62.6 Å². The van der Waals surface area contributed by atoms with Gasteiger partial charge in [-0.3, -0.25) is 14.0 Å². The molecular weight excluding hydrogens is 384 g/mol. The van der Waals surface area contributed by atoms with Gasteiger partial charge in [0.25, 0.3) is 5.56 Å². The third kappa shape index (κ3) is 2.83. The van der Waals surface area contributed by atoms with Crippen molar-refractivity contribution in [3.63, 3.8) is 0 Å². The molecule has 0 amide bonds. The summed E-state index contributed by atoms with van der Waals surface area (Å²) in [5.74, 6) is 1.24. The van der Waals surface area contributed by atoms with E-state index >= 15 is 0 Å². The number of hydrogen-bond donors (Lipinski definition) is 0. The Morgan fingerprint density at radius 1 is 1.00 bits per heavy atom. The molecule has 1 aliphatic heterocycles. The lowest BCUT2D eigenvalue weighted by Crippen LogP contribution is -2.48. The molecule has 154 valence electrons. The molecule has 0 bridgehead atoms. The zero-order valence-electron chi connectivity index (χ0n) is 17.1. The predicted octanol–water partition coefficient (Wildman–Crippen LogP) is 0.945. The average Bonchev–Trinajstić information content (AvgIpc) is 3.16. The molecule has 0 aliphatic carbocycles. The van der Waals surface area contributed by atoms with E-state index in [-0.39, 0.29) is 5.56 Å². The first kappa shape index (κ1) is 18.3. The van der Waals surface area contributed by atoms with Gasteiger partial charge < -0.3 is 14.5 Å². The highest BCUT2D eigenvalue weighted by Gasteiger charge is 2.22. The Hall–Kier alpha value is -3.69. The van der Waals surface area contributed by atoms with Gasteiger partial charge in [-0.1, -0.05) is 0 Å². The molecule has 0 unspecified atom stereocenters. The number of piperazine rings is 1. The molecule has 5 rings (SSSR count). The van der Waals surface area contributed by atoms with Crippen molar-refractivity contribution < 1.29 is 4.74 Å². The van der Waals surface area contributed by atoms with Crippen molar-refractivity contribution in [2.45, 2.75) is 0 Å². The quantitative estimate of drug-likeness (QED) is 0.496. The SMILES string of the molecule is COc1ncnc2ccc(N3CCN(c4nc5c(cnn5C)c(=O)n4C)CC3)cc12. The second-order valence-electron chi connectivity index (χ2n) is 7.34. The molecule has 4 aromatic rings. The van der Waals surface area contributed by atoms with Gasteiger partial charge in [0.2, 0.25) is 11.8 Å². The molecule has 30 heavy (non-hydrogen) atoms. The number of nitrogens with zero attached hydrogens (tertiary/aromatic N) is 8. The van der Waals surface area contributed by atoms with Crippen LogP contribution in [-0.2, 0) is 14.1 Å². The van der Waals surface area contributed by atoms with E-state index in [0.29, 0.717) is 22.9 Å². The van der Waals surface area contributed by atoms with Gasteiger partial charge in [0.05, 0.1) is 24.2 Å². The minimum Gasteiger partial charge on any atom is -0.480 e. The normalized spacial score (nSPS) is 14.6. The molecule has 0 radical (unpaired) electrons. The summed E-state index contributed by atoms with van der Waals surface area (Å²) in [6.45, 7) is 3.12. The van der Waals surface area contributed by atoms with Gasteiger partial charge >= 0.3 is 0 Å². The number of fused-ring (bicyclic) bond motifs is 2. The topological polar surface area (TPSA) is 94.2 Å². The molecule has 0 spiro atoms. The number of anilines is 2. The molecule has 10 heteroatoms. The molecule has 0 N–H and O–H groups in total. The van der Waals surface area contributed by atoms with Crippen molar-refractivity contribution in [3.8, 4) is 5.88 Å². The maximum atomic E-state index is 12.7. The molecule has 1 aliphatic rings. The fourth-order valence-corrected chi connectivity index (χ4v) is 3.98. The number of benzene rings is 1. The fraction of sp³-hybridized carbons (Fsp3) is 0.350. The summed E-state index contributed by atoms with van der Waals surface area (Å²) in [5, 5.41) is 5.60. The largest absolute Gasteiger partial charge is 0.480 e. The van der Waals surface area contributed by atoms with E-state index in [2.05, 4.69) is 37.0 Å². The zero-order valence-corrected chi connectivity index (χ0v) is 17.1. The highest BCUT2D eigenvalue weighted by Crippen LogP contribution is 2.27. The molecule has 3 aromatic heterocycles. The van der Waals surface area contributed by atoms with Crippen molar-refractivity contribution >= 4 is 33.6 Å². The van der Waals surface area contributed by atoms with Crippen molar-refractivity contribution in [1.29, 1.82) is 0 Å². The van der Waals surface area contributed by atoms with Crippen LogP contribution in [0.5, 0.6) is 5.88 Å². The van der Waals surface area contributed by atoms with Gasteiger partial charge in [0, 0.05) is 46.0 Å². The number of aromatic nitrogens is 6. The average molecular weight is 406 g/mol. The fourth-order valence-electron chi connectivity index (χ4n) is 3.98. The van der Waals surface area contributed by atoms with Crippen LogP contribution in [0, 0.1) is 0 Å². The Kier molecular flexibility index (Phi) is 4.27. The summed E-state index contributed by atoms with van der Waals surface area (Å²) in [5.41, 5.74) is 2.48. The maximum absolute atomic E-state index is 12.7. The molecule has 4 heterocycles. The van der Waals surface area contributed by atoms with Gasteiger partial charge in [-0.25, -0.2) is 9.97 Å². The van der Waals surface area contributed by atoms with Crippen LogP contribution < -0.4 is 20.1 Å². The van der Waals surface area contributed by atoms with Gasteiger partial charge in [-0.2, -0.15) is 10.1 Å². The second-order valence-corrected chi connectivity index (χ2v) is 7.34. The number of methoxy groups -OCH3 is 1. The first-order valence-corrected chi connectivity index (χ1v) is 9.74. The standard InChI is InChI=1S/C20H22N8O2/c1-25-19(29)15-11-23-26(2)17(15)24-20(25)28-8-6-27(7-9-28)13-4-5-16-14(10-13)18(30-3)22-12-21-16/h4-5,10-12H,6-9H2,1-3H3. The van der Waals surface area contributed by atoms with Crippen molar-refractivity contribution in [3.05, 3.63) is 41.1 Å². The molecular formula is C20H22N8O2. The Morgan fingerprint density at radius 3 is 2.53 bits per heavy atom. The molecule has 0 atom stereocenters. The van der Waals surface area contributed by atoms with E-state index in [1.165, 1.54) is 6.33 Å². The van der Waals surface area contributed by atoms with Gasteiger partial charge in [-0.05, 0) is 18.2 Å². The van der Waals surface area contributed by atoms with E-state index in [0.717, 1.165) is 42.8 Å². The number of hydrogen-bond acceptors (Lipinski definition) is 8. The highest BCUT2D eigenvalue weighted by atomic mass is 16.5. The van der Waals surface area contributed by atoms with Gasteiger partial charge in [0.15, 0.2) is 5.65 Å². The lowest BCUT2D eigenvalue weighted by atomic mass is 10.2. The summed E-state index contributed by atoms with van der Waals surface area (Å²) < 4.78 is 8.63. The Morgan fingerprint density at radius 2 is 1.77 bits per heavy atom. The minimum atomic E-state index is -0.0767. The van der Waals surface area contributed by atoms with Crippen LogP contribution in [0.4, 0.5) is 11.6 Å². The summed E-state index contributed by atoms with van der Waals surface area (Å²) in [6, 6.07) is 6.13. The summed E-state index contributed by atoms with van der Waals surface area (Å²) in [6.07, 6.45) is 3.08. The smallest absolute Gasteiger partial charge is 0.265 e. The van der Waals surface area contributed by atoms with Crippen molar-refractivity contribution in [2.24, 2.45) is 14.1 Å². The van der Waals surface area contributed by atoms with E-state index < -0.39 is 0 Å². The number of ether oxygens (including phenoxy) is 1. The van der Waals surface area contributed by atoms with Crippen LogP contribution in [0.3, 0.4) is 0 Å².